The molecule has 0 amide bonds. The Morgan fingerprint density at radius 3 is 3.00 bits per heavy atom. The highest BCUT2D eigenvalue weighted by atomic mass is 35.5. The maximum atomic E-state index is 5.90. The van der Waals surface area contributed by atoms with Crippen molar-refractivity contribution in [3.8, 4) is 0 Å². The number of fused-ring (bicyclic) bond motifs is 1. The van der Waals surface area contributed by atoms with E-state index in [-0.39, 0.29) is 0 Å². The summed E-state index contributed by atoms with van der Waals surface area (Å²) >= 11 is 5.90. The van der Waals surface area contributed by atoms with Gasteiger partial charge in [-0.25, -0.2) is 9.67 Å². The minimum Gasteiger partial charge on any atom is -0.247 e. The van der Waals surface area contributed by atoms with Crippen LogP contribution in [0.25, 0.3) is 11.0 Å². The van der Waals surface area contributed by atoms with Gasteiger partial charge in [-0.15, -0.1) is 0 Å². The van der Waals surface area contributed by atoms with Crippen molar-refractivity contribution in [1.82, 2.24) is 14.8 Å². The fourth-order valence-corrected chi connectivity index (χ4v) is 2.00. The number of nitrogens with zero attached hydrogens (tertiary/aromatic N) is 3. The fraction of sp³-hybridized carbons (Fsp3) is 0.455. The number of pyridine rings is 1. The molecule has 2 aromatic heterocycles. The van der Waals surface area contributed by atoms with E-state index < -0.39 is 0 Å². The summed E-state index contributed by atoms with van der Waals surface area (Å²) in [7, 11) is 0. The summed E-state index contributed by atoms with van der Waals surface area (Å²) in [6, 6.07) is 3.82. The van der Waals surface area contributed by atoms with Crippen LogP contribution >= 0.6 is 11.6 Å². The maximum absolute atomic E-state index is 5.90. The van der Waals surface area contributed by atoms with Gasteiger partial charge in [-0.2, -0.15) is 5.10 Å². The molecule has 15 heavy (non-hydrogen) atoms. The second-order valence-electron chi connectivity index (χ2n) is 4.22. The van der Waals surface area contributed by atoms with Crippen molar-refractivity contribution in [1.29, 1.82) is 0 Å². The molecule has 1 fully saturated rings. The smallest absolute Gasteiger partial charge is 0.159 e. The van der Waals surface area contributed by atoms with Crippen LogP contribution in [0.5, 0.6) is 0 Å². The molecule has 0 unspecified atom stereocenters. The average molecular weight is 222 g/mol. The fourth-order valence-electron chi connectivity index (χ4n) is 1.86. The minimum atomic E-state index is 0.541. The maximum Gasteiger partial charge on any atom is 0.159 e. The van der Waals surface area contributed by atoms with Gasteiger partial charge < -0.3 is 0 Å². The lowest BCUT2D eigenvalue weighted by Crippen LogP contribution is -2.02. The predicted octanol–water partition coefficient (Wildman–Crippen LogP) is 2.80. The molecule has 3 nitrogen and oxygen atoms in total. The average Bonchev–Trinajstić information content (AvgIpc) is 2.95. The van der Waals surface area contributed by atoms with Gasteiger partial charge in [0.1, 0.15) is 5.15 Å². The normalized spacial score (nSPS) is 16.1. The number of hydrogen-bond donors (Lipinski definition) is 0. The largest absolute Gasteiger partial charge is 0.247 e. The van der Waals surface area contributed by atoms with Gasteiger partial charge in [0.15, 0.2) is 5.65 Å². The van der Waals surface area contributed by atoms with Crippen LogP contribution in [0, 0.1) is 12.8 Å². The molecular weight excluding hydrogens is 210 g/mol. The SMILES string of the molecule is Cc1nn(CC2CC2)c2nc(Cl)ccc12. The van der Waals surface area contributed by atoms with Crippen LogP contribution in [0.3, 0.4) is 0 Å². The molecule has 0 aliphatic heterocycles. The molecule has 2 aromatic rings. The van der Waals surface area contributed by atoms with Crippen LogP contribution in [-0.2, 0) is 6.54 Å². The summed E-state index contributed by atoms with van der Waals surface area (Å²) in [6.07, 6.45) is 2.64. The molecular formula is C11H12ClN3. The molecule has 1 saturated carbocycles. The van der Waals surface area contributed by atoms with E-state index in [0.717, 1.165) is 29.2 Å². The van der Waals surface area contributed by atoms with Gasteiger partial charge in [0.25, 0.3) is 0 Å². The van der Waals surface area contributed by atoms with Crippen molar-refractivity contribution >= 4 is 22.6 Å². The Labute approximate surface area is 93.1 Å². The van der Waals surface area contributed by atoms with Gasteiger partial charge in [0, 0.05) is 11.9 Å². The topological polar surface area (TPSA) is 30.7 Å². The molecule has 0 saturated heterocycles. The quantitative estimate of drug-likeness (QED) is 0.731. The Bertz CT molecular complexity index is 514. The zero-order chi connectivity index (χ0) is 10.4. The molecule has 0 atom stereocenters. The van der Waals surface area contributed by atoms with Gasteiger partial charge >= 0.3 is 0 Å². The summed E-state index contributed by atoms with van der Waals surface area (Å²) in [6.45, 7) is 3.00. The number of hydrogen-bond acceptors (Lipinski definition) is 2. The van der Waals surface area contributed by atoms with Crippen molar-refractivity contribution in [2.75, 3.05) is 0 Å². The summed E-state index contributed by atoms with van der Waals surface area (Å²) < 4.78 is 1.99. The summed E-state index contributed by atoms with van der Waals surface area (Å²) in [5.41, 5.74) is 1.96. The Balaban J connectivity index is 2.14. The number of aromatic nitrogens is 3. The monoisotopic (exact) mass is 221 g/mol. The first-order chi connectivity index (χ1) is 7.24. The first-order valence-corrected chi connectivity index (χ1v) is 5.61. The van der Waals surface area contributed by atoms with Crippen molar-refractivity contribution in [2.45, 2.75) is 26.3 Å². The molecule has 1 aliphatic carbocycles. The minimum absolute atomic E-state index is 0.541. The molecule has 1 aliphatic rings. The van der Waals surface area contributed by atoms with Crippen LogP contribution < -0.4 is 0 Å². The molecule has 0 bridgehead atoms. The van der Waals surface area contributed by atoms with Crippen molar-refractivity contribution in [3.05, 3.63) is 23.0 Å². The van der Waals surface area contributed by atoms with E-state index in [0.29, 0.717) is 5.15 Å². The van der Waals surface area contributed by atoms with E-state index in [9.17, 15) is 0 Å². The Morgan fingerprint density at radius 2 is 2.27 bits per heavy atom. The van der Waals surface area contributed by atoms with E-state index in [1.54, 1.807) is 0 Å². The van der Waals surface area contributed by atoms with Gasteiger partial charge in [0.2, 0.25) is 0 Å². The van der Waals surface area contributed by atoms with Crippen LogP contribution in [0.4, 0.5) is 0 Å². The van der Waals surface area contributed by atoms with Crippen molar-refractivity contribution in [3.63, 3.8) is 0 Å². The predicted molar refractivity (Wildman–Crippen MR) is 60.0 cm³/mol. The van der Waals surface area contributed by atoms with Crippen LogP contribution in [0.1, 0.15) is 18.5 Å². The highest BCUT2D eigenvalue weighted by Gasteiger charge is 2.23. The zero-order valence-corrected chi connectivity index (χ0v) is 9.33. The second-order valence-corrected chi connectivity index (χ2v) is 4.60. The first kappa shape index (κ1) is 9.16. The molecule has 3 rings (SSSR count). The lowest BCUT2D eigenvalue weighted by atomic mass is 10.3. The van der Waals surface area contributed by atoms with Crippen LogP contribution in [-0.4, -0.2) is 14.8 Å². The highest BCUT2D eigenvalue weighted by molar-refractivity contribution is 6.29. The molecule has 2 heterocycles. The molecule has 4 heteroatoms. The van der Waals surface area contributed by atoms with Gasteiger partial charge in [-0.3, -0.25) is 0 Å². The lowest BCUT2D eigenvalue weighted by Gasteiger charge is -2.00. The summed E-state index contributed by atoms with van der Waals surface area (Å²) in [4.78, 5) is 4.34. The van der Waals surface area contributed by atoms with Gasteiger partial charge in [-0.05, 0) is 37.8 Å². The third-order valence-electron chi connectivity index (χ3n) is 2.87. The standard InChI is InChI=1S/C11H12ClN3/c1-7-9-4-5-10(12)13-11(9)15(14-7)6-8-2-3-8/h4-5,8H,2-3,6H2,1H3. The third-order valence-corrected chi connectivity index (χ3v) is 3.08. The molecule has 0 spiro atoms. The van der Waals surface area contributed by atoms with Gasteiger partial charge in [-0.1, -0.05) is 11.6 Å². The van der Waals surface area contributed by atoms with E-state index in [4.69, 9.17) is 11.6 Å². The first-order valence-electron chi connectivity index (χ1n) is 5.24. The van der Waals surface area contributed by atoms with Crippen molar-refractivity contribution < 1.29 is 0 Å². The Hall–Kier alpha value is -1.09. The number of halogens is 1. The van der Waals surface area contributed by atoms with Crippen LogP contribution in [0.15, 0.2) is 12.1 Å². The molecule has 78 valence electrons. The zero-order valence-electron chi connectivity index (χ0n) is 8.57. The van der Waals surface area contributed by atoms with Crippen LogP contribution in [0.2, 0.25) is 5.15 Å². The van der Waals surface area contributed by atoms with E-state index >= 15 is 0 Å². The molecule has 0 radical (unpaired) electrons. The van der Waals surface area contributed by atoms with Crippen molar-refractivity contribution in [2.24, 2.45) is 5.92 Å². The summed E-state index contributed by atoms with van der Waals surface area (Å²) in [5, 5.41) is 6.16. The Kier molecular flexibility index (Phi) is 1.96. The lowest BCUT2D eigenvalue weighted by molar-refractivity contribution is 0.572. The Morgan fingerprint density at radius 1 is 1.47 bits per heavy atom. The number of aryl methyl sites for hydroxylation is 1. The third kappa shape index (κ3) is 1.61. The number of rotatable bonds is 2. The van der Waals surface area contributed by atoms with E-state index in [1.807, 2.05) is 23.7 Å². The van der Waals surface area contributed by atoms with Gasteiger partial charge in [0.05, 0.1) is 5.69 Å². The summed E-state index contributed by atoms with van der Waals surface area (Å²) in [5.74, 6) is 0.799. The van der Waals surface area contributed by atoms with E-state index in [1.165, 1.54) is 12.8 Å². The van der Waals surface area contributed by atoms with E-state index in [2.05, 4.69) is 10.1 Å². The second kappa shape index (κ2) is 3.20. The molecule has 0 N–H and O–H groups in total. The highest BCUT2D eigenvalue weighted by Crippen LogP contribution is 2.31. The molecule has 0 aromatic carbocycles.